The minimum atomic E-state index is -1.02. The Bertz CT molecular complexity index is 648. The molecule has 0 aliphatic carbocycles. The van der Waals surface area contributed by atoms with Crippen LogP contribution >= 0.6 is 11.8 Å². The molecule has 0 aliphatic rings. The Kier molecular flexibility index (Phi) is 5.02. The maximum atomic E-state index is 13.3. The van der Waals surface area contributed by atoms with Gasteiger partial charge in [-0.2, -0.15) is 11.8 Å². The van der Waals surface area contributed by atoms with Crippen molar-refractivity contribution in [1.29, 1.82) is 0 Å². The summed E-state index contributed by atoms with van der Waals surface area (Å²) in [5.41, 5.74) is 4.32. The Morgan fingerprint density at radius 1 is 1.10 bits per heavy atom. The van der Waals surface area contributed by atoms with Gasteiger partial charge in [-0.1, -0.05) is 29.3 Å². The lowest BCUT2D eigenvalue weighted by atomic mass is 10.1. The van der Waals surface area contributed by atoms with Gasteiger partial charge >= 0.3 is 5.97 Å². The number of carboxylic acid groups (broad SMARTS) is 1. The van der Waals surface area contributed by atoms with Crippen LogP contribution in [0.3, 0.4) is 0 Å². The molecule has 2 nitrogen and oxygen atoms in total. The highest BCUT2D eigenvalue weighted by molar-refractivity contribution is 7.97. The fourth-order valence-electron chi connectivity index (χ4n) is 2.32. The Morgan fingerprint density at radius 2 is 1.76 bits per heavy atom. The summed E-state index contributed by atoms with van der Waals surface area (Å²) in [4.78, 5) is 11.1. The number of aromatic carboxylic acids is 1. The van der Waals surface area contributed by atoms with Crippen molar-refractivity contribution < 1.29 is 14.3 Å². The summed E-state index contributed by atoms with van der Waals surface area (Å²) in [6.45, 7) is 4.10. The van der Waals surface area contributed by atoms with Crippen molar-refractivity contribution in [3.05, 3.63) is 70.0 Å². The van der Waals surface area contributed by atoms with E-state index in [-0.39, 0.29) is 5.56 Å². The number of rotatable bonds is 5. The van der Waals surface area contributed by atoms with Crippen LogP contribution in [0.2, 0.25) is 0 Å². The van der Waals surface area contributed by atoms with E-state index in [9.17, 15) is 9.18 Å². The SMILES string of the molecule is Cc1cc(C)cc(CSCc2cc(F)ccc2C(=O)O)c1. The van der Waals surface area contributed by atoms with Gasteiger partial charge in [-0.15, -0.1) is 0 Å². The van der Waals surface area contributed by atoms with E-state index in [0.717, 1.165) is 5.75 Å². The van der Waals surface area contributed by atoms with E-state index in [2.05, 4.69) is 32.0 Å². The molecule has 2 aromatic carbocycles. The van der Waals surface area contributed by atoms with E-state index in [1.165, 1.54) is 34.9 Å². The first-order valence-electron chi connectivity index (χ1n) is 6.62. The molecule has 0 aliphatic heterocycles. The highest BCUT2D eigenvalue weighted by Crippen LogP contribution is 2.22. The molecule has 0 spiro atoms. The Balaban J connectivity index is 2.06. The van der Waals surface area contributed by atoms with E-state index < -0.39 is 11.8 Å². The summed E-state index contributed by atoms with van der Waals surface area (Å²) in [7, 11) is 0. The first-order valence-corrected chi connectivity index (χ1v) is 7.78. The fourth-order valence-corrected chi connectivity index (χ4v) is 3.28. The van der Waals surface area contributed by atoms with E-state index in [4.69, 9.17) is 5.11 Å². The second-order valence-electron chi connectivity index (χ2n) is 5.10. The topological polar surface area (TPSA) is 37.3 Å². The maximum absolute atomic E-state index is 13.3. The molecule has 21 heavy (non-hydrogen) atoms. The highest BCUT2D eigenvalue weighted by atomic mass is 32.2. The minimum Gasteiger partial charge on any atom is -0.478 e. The number of benzene rings is 2. The van der Waals surface area contributed by atoms with Crippen molar-refractivity contribution in [3.8, 4) is 0 Å². The smallest absolute Gasteiger partial charge is 0.335 e. The average Bonchev–Trinajstić information content (AvgIpc) is 2.37. The Hall–Kier alpha value is -1.81. The molecular weight excluding hydrogens is 287 g/mol. The standard InChI is InChI=1S/C17H17FO2S/c1-11-5-12(2)7-13(6-11)9-21-10-14-8-15(18)3-4-16(14)17(19)20/h3-8H,9-10H2,1-2H3,(H,19,20). The van der Waals surface area contributed by atoms with Crippen LogP contribution in [0.1, 0.15) is 32.6 Å². The summed E-state index contributed by atoms with van der Waals surface area (Å²) < 4.78 is 13.3. The van der Waals surface area contributed by atoms with Crippen molar-refractivity contribution in [3.63, 3.8) is 0 Å². The molecule has 0 amide bonds. The van der Waals surface area contributed by atoms with Crippen LogP contribution in [0, 0.1) is 19.7 Å². The summed E-state index contributed by atoms with van der Waals surface area (Å²) >= 11 is 1.59. The predicted octanol–water partition coefficient (Wildman–Crippen LogP) is 4.57. The van der Waals surface area contributed by atoms with Gasteiger partial charge in [0.1, 0.15) is 5.82 Å². The highest BCUT2D eigenvalue weighted by Gasteiger charge is 2.11. The summed E-state index contributed by atoms with van der Waals surface area (Å²) in [5.74, 6) is -0.163. The monoisotopic (exact) mass is 304 g/mol. The van der Waals surface area contributed by atoms with Gasteiger partial charge in [0.05, 0.1) is 5.56 Å². The number of hydrogen-bond acceptors (Lipinski definition) is 2. The second-order valence-corrected chi connectivity index (χ2v) is 6.08. The molecule has 0 bridgehead atoms. The van der Waals surface area contributed by atoms with Crippen molar-refractivity contribution in [2.75, 3.05) is 0 Å². The molecule has 0 radical (unpaired) electrons. The first kappa shape index (κ1) is 15.6. The summed E-state index contributed by atoms with van der Waals surface area (Å²) in [6, 6.07) is 10.2. The molecule has 0 fully saturated rings. The first-order chi connectivity index (χ1) is 9.95. The third kappa shape index (κ3) is 4.33. The molecule has 0 atom stereocenters. The lowest BCUT2D eigenvalue weighted by Gasteiger charge is -2.08. The van der Waals surface area contributed by atoms with Crippen LogP contribution in [0.5, 0.6) is 0 Å². The van der Waals surface area contributed by atoms with Crippen LogP contribution in [-0.2, 0) is 11.5 Å². The van der Waals surface area contributed by atoms with Gasteiger partial charge in [0.25, 0.3) is 0 Å². The van der Waals surface area contributed by atoms with Gasteiger partial charge in [-0.05, 0) is 43.2 Å². The second kappa shape index (κ2) is 6.76. The van der Waals surface area contributed by atoms with Crippen molar-refractivity contribution in [1.82, 2.24) is 0 Å². The number of carboxylic acids is 1. The van der Waals surface area contributed by atoms with E-state index in [1.54, 1.807) is 11.8 Å². The molecule has 1 N–H and O–H groups in total. The van der Waals surface area contributed by atoms with Crippen LogP contribution in [0.25, 0.3) is 0 Å². The molecule has 2 aromatic rings. The van der Waals surface area contributed by atoms with Crippen molar-refractivity contribution in [2.24, 2.45) is 0 Å². The molecule has 0 heterocycles. The Labute approximate surface area is 128 Å². The van der Waals surface area contributed by atoms with Gasteiger partial charge in [0, 0.05) is 11.5 Å². The number of thioether (sulfide) groups is 1. The normalized spacial score (nSPS) is 10.6. The lowest BCUT2D eigenvalue weighted by Crippen LogP contribution is -2.02. The van der Waals surface area contributed by atoms with Crippen LogP contribution in [0.4, 0.5) is 4.39 Å². The molecule has 110 valence electrons. The molecular formula is C17H17FO2S. The van der Waals surface area contributed by atoms with Gasteiger partial charge in [-0.25, -0.2) is 9.18 Å². The maximum Gasteiger partial charge on any atom is 0.335 e. The summed E-state index contributed by atoms with van der Waals surface area (Å²) in [6.07, 6.45) is 0. The third-order valence-electron chi connectivity index (χ3n) is 3.11. The fraction of sp³-hybridized carbons (Fsp3) is 0.235. The van der Waals surface area contributed by atoms with Crippen molar-refractivity contribution in [2.45, 2.75) is 25.4 Å². The zero-order valence-electron chi connectivity index (χ0n) is 12.0. The number of carbonyl (C=O) groups is 1. The molecule has 4 heteroatoms. The van der Waals surface area contributed by atoms with Crippen molar-refractivity contribution >= 4 is 17.7 Å². The third-order valence-corrected chi connectivity index (χ3v) is 4.16. The van der Waals surface area contributed by atoms with Gasteiger partial charge in [0.2, 0.25) is 0 Å². The number of aryl methyl sites for hydroxylation is 2. The van der Waals surface area contributed by atoms with Crippen LogP contribution in [0.15, 0.2) is 36.4 Å². The summed E-state index contributed by atoms with van der Waals surface area (Å²) in [5, 5.41) is 9.11. The largest absolute Gasteiger partial charge is 0.478 e. The average molecular weight is 304 g/mol. The van der Waals surface area contributed by atoms with Gasteiger partial charge in [-0.3, -0.25) is 0 Å². The number of halogens is 1. The molecule has 0 aromatic heterocycles. The zero-order valence-corrected chi connectivity index (χ0v) is 12.8. The number of hydrogen-bond donors (Lipinski definition) is 1. The van der Waals surface area contributed by atoms with Crippen LogP contribution < -0.4 is 0 Å². The quantitative estimate of drug-likeness (QED) is 0.879. The lowest BCUT2D eigenvalue weighted by molar-refractivity contribution is 0.0696. The minimum absolute atomic E-state index is 0.171. The van der Waals surface area contributed by atoms with Gasteiger partial charge < -0.3 is 5.11 Å². The van der Waals surface area contributed by atoms with Gasteiger partial charge in [0.15, 0.2) is 0 Å². The zero-order chi connectivity index (χ0) is 15.4. The van der Waals surface area contributed by atoms with Crippen LogP contribution in [-0.4, -0.2) is 11.1 Å². The molecule has 2 rings (SSSR count). The molecule has 0 saturated heterocycles. The molecule has 0 saturated carbocycles. The van der Waals surface area contributed by atoms with E-state index in [1.807, 2.05) is 0 Å². The predicted molar refractivity (Wildman–Crippen MR) is 84.3 cm³/mol. The molecule has 0 unspecified atom stereocenters. The van der Waals surface area contributed by atoms with E-state index >= 15 is 0 Å². The Morgan fingerprint density at radius 3 is 2.38 bits per heavy atom. The van der Waals surface area contributed by atoms with E-state index in [0.29, 0.717) is 11.3 Å².